The molecule has 2 N–H and O–H groups in total. The van der Waals surface area contributed by atoms with E-state index < -0.39 is 0 Å². The van der Waals surface area contributed by atoms with Crippen LogP contribution in [0.3, 0.4) is 0 Å². The van der Waals surface area contributed by atoms with Crippen LogP contribution in [0, 0.1) is 11.8 Å². The van der Waals surface area contributed by atoms with E-state index in [-0.39, 0.29) is 18.0 Å². The van der Waals surface area contributed by atoms with Crippen molar-refractivity contribution in [2.75, 3.05) is 19.8 Å². The molecule has 1 rings (SSSR count). The van der Waals surface area contributed by atoms with Crippen molar-refractivity contribution in [2.24, 2.45) is 17.6 Å². The lowest BCUT2D eigenvalue weighted by Crippen LogP contribution is -2.24. The first-order valence-electron chi connectivity index (χ1n) is 6.09. The second-order valence-corrected chi connectivity index (χ2v) is 4.91. The third-order valence-electron chi connectivity index (χ3n) is 2.78. The van der Waals surface area contributed by atoms with E-state index >= 15 is 0 Å². The average Bonchev–Trinajstić information content (AvgIpc) is 2.68. The highest BCUT2D eigenvalue weighted by atomic mass is 16.6. The summed E-state index contributed by atoms with van der Waals surface area (Å²) in [7, 11) is 0. The molecule has 4 nitrogen and oxygen atoms in total. The molecule has 0 saturated carbocycles. The predicted octanol–water partition coefficient (Wildman–Crippen LogP) is 1.33. The van der Waals surface area contributed by atoms with Gasteiger partial charge in [-0.25, -0.2) is 0 Å². The van der Waals surface area contributed by atoms with Crippen molar-refractivity contribution in [3.63, 3.8) is 0 Å². The molecule has 1 aliphatic rings. The Labute approximate surface area is 97.5 Å². The second-order valence-electron chi connectivity index (χ2n) is 4.91. The van der Waals surface area contributed by atoms with Crippen LogP contribution in [0.15, 0.2) is 0 Å². The molecule has 0 aromatic heterocycles. The Morgan fingerprint density at radius 1 is 1.56 bits per heavy atom. The van der Waals surface area contributed by atoms with Gasteiger partial charge in [0.2, 0.25) is 0 Å². The summed E-state index contributed by atoms with van der Waals surface area (Å²) in [6.45, 7) is 6.07. The number of nitrogens with two attached hydrogens (primary N) is 1. The van der Waals surface area contributed by atoms with Gasteiger partial charge in [-0.1, -0.05) is 13.8 Å². The third kappa shape index (κ3) is 4.94. The van der Waals surface area contributed by atoms with Crippen LogP contribution >= 0.6 is 0 Å². The van der Waals surface area contributed by atoms with Crippen LogP contribution in [-0.4, -0.2) is 31.8 Å². The summed E-state index contributed by atoms with van der Waals surface area (Å²) in [5.41, 5.74) is 5.65. The molecule has 4 heteroatoms. The molecule has 0 amide bonds. The lowest BCUT2D eigenvalue weighted by atomic mass is 9.94. The van der Waals surface area contributed by atoms with Gasteiger partial charge in [-0.15, -0.1) is 0 Å². The zero-order valence-electron chi connectivity index (χ0n) is 10.3. The van der Waals surface area contributed by atoms with Gasteiger partial charge in [0.1, 0.15) is 6.10 Å². The number of rotatable bonds is 6. The third-order valence-corrected chi connectivity index (χ3v) is 2.78. The van der Waals surface area contributed by atoms with Gasteiger partial charge < -0.3 is 15.2 Å². The summed E-state index contributed by atoms with van der Waals surface area (Å²) in [4.78, 5) is 11.6. The van der Waals surface area contributed by atoms with E-state index in [1.165, 1.54) is 0 Å². The highest BCUT2D eigenvalue weighted by Gasteiger charge is 2.22. The van der Waals surface area contributed by atoms with Crippen LogP contribution < -0.4 is 5.73 Å². The van der Waals surface area contributed by atoms with Crippen molar-refractivity contribution >= 4 is 5.97 Å². The van der Waals surface area contributed by atoms with E-state index in [0.717, 1.165) is 12.8 Å². The monoisotopic (exact) mass is 229 g/mol. The van der Waals surface area contributed by atoms with Crippen molar-refractivity contribution in [1.82, 2.24) is 0 Å². The molecule has 0 radical (unpaired) electrons. The molecule has 1 fully saturated rings. The van der Waals surface area contributed by atoms with E-state index in [1.807, 2.05) is 0 Å². The van der Waals surface area contributed by atoms with Gasteiger partial charge >= 0.3 is 5.97 Å². The van der Waals surface area contributed by atoms with Crippen LogP contribution in [-0.2, 0) is 14.3 Å². The Morgan fingerprint density at radius 2 is 2.31 bits per heavy atom. The maximum atomic E-state index is 11.6. The molecule has 1 aliphatic heterocycles. The number of carbonyl (C=O) groups is 1. The van der Waals surface area contributed by atoms with Gasteiger partial charge in [-0.05, 0) is 24.8 Å². The van der Waals surface area contributed by atoms with Crippen LogP contribution in [0.5, 0.6) is 0 Å². The van der Waals surface area contributed by atoms with E-state index in [4.69, 9.17) is 15.2 Å². The fourth-order valence-electron chi connectivity index (χ4n) is 2.01. The first-order valence-corrected chi connectivity index (χ1v) is 6.09. The Kier molecular flexibility index (Phi) is 5.77. The fourth-order valence-corrected chi connectivity index (χ4v) is 2.01. The lowest BCUT2D eigenvalue weighted by Gasteiger charge is -2.17. The highest BCUT2D eigenvalue weighted by Crippen LogP contribution is 2.16. The summed E-state index contributed by atoms with van der Waals surface area (Å²) in [6.07, 6.45) is 2.20. The molecule has 0 bridgehead atoms. The van der Waals surface area contributed by atoms with Gasteiger partial charge in [-0.3, -0.25) is 4.79 Å². The SMILES string of the molecule is CC(C)CC(CN)CC(=O)OC1CCOC1. The van der Waals surface area contributed by atoms with Crippen LogP contribution in [0.4, 0.5) is 0 Å². The van der Waals surface area contributed by atoms with Crippen LogP contribution in [0.1, 0.15) is 33.1 Å². The van der Waals surface area contributed by atoms with Crippen molar-refractivity contribution in [1.29, 1.82) is 0 Å². The Balaban J connectivity index is 2.24. The minimum absolute atomic E-state index is 0.0371. The standard InChI is InChI=1S/C12H23NO3/c1-9(2)5-10(7-13)6-12(14)16-11-3-4-15-8-11/h9-11H,3-8,13H2,1-2H3. The first kappa shape index (κ1) is 13.5. The molecule has 16 heavy (non-hydrogen) atoms. The molecule has 94 valence electrons. The summed E-state index contributed by atoms with van der Waals surface area (Å²) in [5, 5.41) is 0. The average molecular weight is 229 g/mol. The van der Waals surface area contributed by atoms with E-state index in [2.05, 4.69) is 13.8 Å². The first-order chi connectivity index (χ1) is 7.61. The summed E-state index contributed by atoms with van der Waals surface area (Å²) in [5.74, 6) is 0.678. The molecule has 1 saturated heterocycles. The van der Waals surface area contributed by atoms with Gasteiger partial charge in [0.15, 0.2) is 0 Å². The van der Waals surface area contributed by atoms with Crippen molar-refractivity contribution < 1.29 is 14.3 Å². The molecule has 0 aromatic rings. The molecule has 0 aliphatic carbocycles. The topological polar surface area (TPSA) is 61.6 Å². The number of carbonyl (C=O) groups excluding carboxylic acids is 1. The molecule has 2 atom stereocenters. The largest absolute Gasteiger partial charge is 0.460 e. The maximum Gasteiger partial charge on any atom is 0.306 e. The van der Waals surface area contributed by atoms with E-state index in [9.17, 15) is 4.79 Å². The maximum absolute atomic E-state index is 11.6. The molecule has 0 aromatic carbocycles. The number of hydrogen-bond donors (Lipinski definition) is 1. The van der Waals surface area contributed by atoms with Gasteiger partial charge in [0.05, 0.1) is 13.2 Å². The Hall–Kier alpha value is -0.610. The van der Waals surface area contributed by atoms with Gasteiger partial charge in [0.25, 0.3) is 0 Å². The van der Waals surface area contributed by atoms with E-state index in [1.54, 1.807) is 0 Å². The predicted molar refractivity (Wildman–Crippen MR) is 61.9 cm³/mol. The highest BCUT2D eigenvalue weighted by molar-refractivity contribution is 5.69. The van der Waals surface area contributed by atoms with Crippen LogP contribution in [0.25, 0.3) is 0 Å². The molecular formula is C12H23NO3. The summed E-state index contributed by atoms with van der Waals surface area (Å²) in [6, 6.07) is 0. The smallest absolute Gasteiger partial charge is 0.306 e. The summed E-state index contributed by atoms with van der Waals surface area (Å²) >= 11 is 0. The van der Waals surface area contributed by atoms with Gasteiger partial charge in [-0.2, -0.15) is 0 Å². The van der Waals surface area contributed by atoms with Gasteiger partial charge in [0, 0.05) is 12.8 Å². The number of esters is 1. The minimum Gasteiger partial charge on any atom is -0.460 e. The lowest BCUT2D eigenvalue weighted by molar-refractivity contribution is -0.150. The zero-order valence-corrected chi connectivity index (χ0v) is 10.3. The second kappa shape index (κ2) is 6.86. The van der Waals surface area contributed by atoms with E-state index in [0.29, 0.717) is 32.1 Å². The number of hydrogen-bond acceptors (Lipinski definition) is 4. The Bertz CT molecular complexity index is 212. The quantitative estimate of drug-likeness (QED) is 0.698. The normalized spacial score (nSPS) is 22.4. The molecule has 2 unspecified atom stereocenters. The van der Waals surface area contributed by atoms with Crippen molar-refractivity contribution in [2.45, 2.75) is 39.2 Å². The molecular weight excluding hydrogens is 206 g/mol. The summed E-state index contributed by atoms with van der Waals surface area (Å²) < 4.78 is 10.5. The molecule has 0 spiro atoms. The van der Waals surface area contributed by atoms with Crippen molar-refractivity contribution in [3.8, 4) is 0 Å². The Morgan fingerprint density at radius 3 is 2.81 bits per heavy atom. The zero-order chi connectivity index (χ0) is 12.0. The number of ether oxygens (including phenoxy) is 2. The van der Waals surface area contributed by atoms with Crippen LogP contribution in [0.2, 0.25) is 0 Å². The van der Waals surface area contributed by atoms with Crippen molar-refractivity contribution in [3.05, 3.63) is 0 Å². The molecule has 1 heterocycles. The minimum atomic E-state index is -0.133. The fraction of sp³-hybridized carbons (Fsp3) is 0.917.